The van der Waals surface area contributed by atoms with E-state index in [1.54, 1.807) is 24.3 Å². The van der Waals surface area contributed by atoms with E-state index in [2.05, 4.69) is 6.58 Å². The number of aliphatic carboxylic acids is 2. The van der Waals surface area contributed by atoms with Crippen molar-refractivity contribution < 1.29 is 29.3 Å². The van der Waals surface area contributed by atoms with E-state index in [4.69, 9.17) is 14.9 Å². The van der Waals surface area contributed by atoms with Gasteiger partial charge in [-0.2, -0.15) is 0 Å². The molecule has 0 heterocycles. The topological polar surface area (TPSA) is 101 Å². The Labute approximate surface area is 109 Å². The van der Waals surface area contributed by atoms with Crippen LogP contribution >= 0.6 is 0 Å². The maximum absolute atomic E-state index is 10.6. The van der Waals surface area contributed by atoms with E-state index in [9.17, 15) is 14.4 Å². The Hall–Kier alpha value is -2.89. The fraction of sp³-hybridized carbons (Fsp3) is 0. The number of carboxylic acids is 2. The first-order chi connectivity index (χ1) is 8.95. The molecule has 0 radical (unpaired) electrons. The number of hydrogen-bond acceptors (Lipinski definition) is 4. The largest absolute Gasteiger partial charge is 0.478 e. The molecule has 0 spiro atoms. The molecule has 0 aliphatic heterocycles. The molecule has 1 aromatic rings. The lowest BCUT2D eigenvalue weighted by atomic mass is 10.3. The van der Waals surface area contributed by atoms with Crippen LogP contribution < -0.4 is 4.74 Å². The normalized spacial score (nSPS) is 9.05. The number of ether oxygens (including phenoxy) is 1. The summed E-state index contributed by atoms with van der Waals surface area (Å²) >= 11 is 0. The molecule has 0 unspecified atom stereocenters. The predicted octanol–water partition coefficient (Wildman–Crippen LogP) is 1.49. The summed E-state index contributed by atoms with van der Waals surface area (Å²) in [7, 11) is 0. The number of hydrogen-bond donors (Lipinski definition) is 2. The summed E-state index contributed by atoms with van der Waals surface area (Å²) in [4.78, 5) is 29.7. The quantitative estimate of drug-likeness (QED) is 0.485. The maximum Gasteiger partial charge on any atom is 0.335 e. The lowest BCUT2D eigenvalue weighted by molar-refractivity contribution is -0.134. The second kappa shape index (κ2) is 9.17. The highest BCUT2D eigenvalue weighted by atomic mass is 16.5. The number of carboxylic acid groups (broad SMARTS) is 2. The Bertz CT molecular complexity index is 459. The van der Waals surface area contributed by atoms with Crippen LogP contribution in [0.2, 0.25) is 0 Å². The number of carbonyl (C=O) groups is 3. The van der Waals surface area contributed by atoms with Crippen LogP contribution in [-0.2, 0) is 14.4 Å². The van der Waals surface area contributed by atoms with Gasteiger partial charge in [-0.05, 0) is 12.1 Å². The zero-order valence-corrected chi connectivity index (χ0v) is 9.85. The molecular formula is C13H12O6. The molecule has 0 saturated heterocycles. The number of para-hydroxylation sites is 1. The van der Waals surface area contributed by atoms with E-state index in [1.165, 1.54) is 0 Å². The molecule has 0 amide bonds. The minimum absolute atomic E-state index is 0.434. The summed E-state index contributed by atoms with van der Waals surface area (Å²) in [6.45, 7) is 3.28. The Morgan fingerprint density at radius 2 is 1.47 bits per heavy atom. The standard InChI is InChI=1S/C9H8O2.C4H4O4/c1-2-9(10)11-8-6-4-3-5-7-8;5-3(6)1-2-4(7)8/h2-7H,1H2;1-2H,(H,5,6)(H,7,8)/b;2-1-. The first-order valence-electron chi connectivity index (χ1n) is 4.99. The van der Waals surface area contributed by atoms with Crippen molar-refractivity contribution in [2.24, 2.45) is 0 Å². The van der Waals surface area contributed by atoms with Gasteiger partial charge in [0.2, 0.25) is 0 Å². The molecule has 0 aromatic heterocycles. The Balaban J connectivity index is 0.000000362. The maximum atomic E-state index is 10.6. The fourth-order valence-electron chi connectivity index (χ4n) is 0.789. The highest BCUT2D eigenvalue weighted by molar-refractivity contribution is 5.89. The average Bonchev–Trinajstić information content (AvgIpc) is 2.38. The molecule has 0 aliphatic rings. The van der Waals surface area contributed by atoms with Crippen molar-refractivity contribution in [2.45, 2.75) is 0 Å². The first kappa shape index (κ1) is 16.1. The van der Waals surface area contributed by atoms with Crippen molar-refractivity contribution in [3.05, 3.63) is 55.1 Å². The Morgan fingerprint density at radius 1 is 1.00 bits per heavy atom. The summed E-state index contributed by atoms with van der Waals surface area (Å²) in [5.41, 5.74) is 0. The second-order valence-electron chi connectivity index (χ2n) is 2.95. The number of carbonyl (C=O) groups excluding carboxylic acids is 1. The van der Waals surface area contributed by atoms with E-state index < -0.39 is 17.9 Å². The number of benzene rings is 1. The van der Waals surface area contributed by atoms with Crippen LogP contribution in [0, 0.1) is 0 Å². The molecule has 2 N–H and O–H groups in total. The van der Waals surface area contributed by atoms with E-state index >= 15 is 0 Å². The summed E-state index contributed by atoms with van der Waals surface area (Å²) in [6.07, 6.45) is 2.25. The summed E-state index contributed by atoms with van der Waals surface area (Å²) in [6, 6.07) is 8.87. The van der Waals surface area contributed by atoms with Gasteiger partial charge in [-0.25, -0.2) is 14.4 Å². The van der Waals surface area contributed by atoms with Gasteiger partial charge >= 0.3 is 17.9 Å². The lowest BCUT2D eigenvalue weighted by Gasteiger charge is -1.98. The van der Waals surface area contributed by atoms with E-state index in [0.717, 1.165) is 6.08 Å². The third-order valence-electron chi connectivity index (χ3n) is 1.50. The SMILES string of the molecule is C=CC(=O)Oc1ccccc1.O=C(O)/C=C\C(=O)O. The fourth-order valence-corrected chi connectivity index (χ4v) is 0.789. The number of rotatable bonds is 4. The summed E-state index contributed by atoms with van der Waals surface area (Å²) in [5.74, 6) is -2.41. The number of esters is 1. The molecule has 0 fully saturated rings. The van der Waals surface area contributed by atoms with Gasteiger partial charge in [0.25, 0.3) is 0 Å². The van der Waals surface area contributed by atoms with Crippen molar-refractivity contribution in [3.63, 3.8) is 0 Å². The van der Waals surface area contributed by atoms with E-state index in [-0.39, 0.29) is 0 Å². The molecule has 0 atom stereocenters. The van der Waals surface area contributed by atoms with Crippen molar-refractivity contribution >= 4 is 17.9 Å². The van der Waals surface area contributed by atoms with Gasteiger partial charge in [0.15, 0.2) is 0 Å². The van der Waals surface area contributed by atoms with Gasteiger partial charge in [-0.1, -0.05) is 24.8 Å². The highest BCUT2D eigenvalue weighted by Gasteiger charge is 1.95. The molecule has 1 rings (SSSR count). The van der Waals surface area contributed by atoms with E-state index in [1.807, 2.05) is 6.07 Å². The van der Waals surface area contributed by atoms with Crippen molar-refractivity contribution in [2.75, 3.05) is 0 Å². The zero-order valence-electron chi connectivity index (χ0n) is 9.85. The van der Waals surface area contributed by atoms with Crippen LogP contribution in [0.25, 0.3) is 0 Å². The molecule has 0 bridgehead atoms. The molecule has 0 saturated carbocycles. The Kier molecular flexibility index (Phi) is 7.78. The smallest absolute Gasteiger partial charge is 0.335 e. The molecule has 1 aromatic carbocycles. The molecule has 19 heavy (non-hydrogen) atoms. The third kappa shape index (κ3) is 10.0. The van der Waals surface area contributed by atoms with Gasteiger partial charge in [-0.15, -0.1) is 0 Å². The zero-order chi connectivity index (χ0) is 14.7. The second-order valence-corrected chi connectivity index (χ2v) is 2.95. The van der Waals surface area contributed by atoms with Gasteiger partial charge < -0.3 is 14.9 Å². The summed E-state index contributed by atoms with van der Waals surface area (Å²) in [5, 5.41) is 15.6. The van der Waals surface area contributed by atoms with Gasteiger partial charge in [0, 0.05) is 18.2 Å². The van der Waals surface area contributed by atoms with Crippen molar-refractivity contribution in [1.29, 1.82) is 0 Å². The monoisotopic (exact) mass is 264 g/mol. The van der Waals surface area contributed by atoms with Gasteiger partial charge in [0.1, 0.15) is 5.75 Å². The van der Waals surface area contributed by atoms with Crippen LogP contribution in [0.5, 0.6) is 5.75 Å². The third-order valence-corrected chi connectivity index (χ3v) is 1.50. The van der Waals surface area contributed by atoms with Gasteiger partial charge in [-0.3, -0.25) is 0 Å². The molecule has 6 heteroatoms. The van der Waals surface area contributed by atoms with Crippen LogP contribution in [0.1, 0.15) is 0 Å². The summed E-state index contributed by atoms with van der Waals surface area (Å²) < 4.78 is 4.81. The molecular weight excluding hydrogens is 252 g/mol. The van der Waals surface area contributed by atoms with Crippen LogP contribution in [-0.4, -0.2) is 28.1 Å². The van der Waals surface area contributed by atoms with Crippen molar-refractivity contribution in [3.8, 4) is 5.75 Å². The molecule has 100 valence electrons. The Morgan fingerprint density at radius 3 is 1.84 bits per heavy atom. The van der Waals surface area contributed by atoms with Crippen LogP contribution in [0.4, 0.5) is 0 Å². The average molecular weight is 264 g/mol. The highest BCUT2D eigenvalue weighted by Crippen LogP contribution is 2.07. The minimum Gasteiger partial charge on any atom is -0.478 e. The van der Waals surface area contributed by atoms with Crippen LogP contribution in [0.15, 0.2) is 55.1 Å². The van der Waals surface area contributed by atoms with E-state index in [0.29, 0.717) is 17.9 Å². The van der Waals surface area contributed by atoms with Crippen LogP contribution in [0.3, 0.4) is 0 Å². The lowest BCUT2D eigenvalue weighted by Crippen LogP contribution is -2.02. The molecule has 6 nitrogen and oxygen atoms in total. The minimum atomic E-state index is -1.26. The van der Waals surface area contributed by atoms with Gasteiger partial charge in [0.05, 0.1) is 0 Å². The first-order valence-corrected chi connectivity index (χ1v) is 4.99. The van der Waals surface area contributed by atoms with Crippen molar-refractivity contribution in [1.82, 2.24) is 0 Å². The molecule has 0 aliphatic carbocycles. The predicted molar refractivity (Wildman–Crippen MR) is 66.7 cm³/mol.